The van der Waals surface area contributed by atoms with Crippen LogP contribution in [0.25, 0.3) is 0 Å². The van der Waals surface area contributed by atoms with E-state index >= 15 is 0 Å². The molecule has 1 amide bonds. The molecule has 1 aliphatic heterocycles. The van der Waals surface area contributed by atoms with Gasteiger partial charge in [-0.15, -0.1) is 0 Å². The summed E-state index contributed by atoms with van der Waals surface area (Å²) < 4.78 is 12.3. The number of likely N-dealkylation sites (tertiary alicyclic amines) is 1. The predicted octanol–water partition coefficient (Wildman–Crippen LogP) is 2.27. The summed E-state index contributed by atoms with van der Waals surface area (Å²) in [7, 11) is 1.60. The SMILES string of the molecule is COCc1c(C(=O)N2CCC(CCn3cccn3)CC2)noc1C. The Morgan fingerprint density at radius 3 is 2.88 bits per heavy atom. The lowest BCUT2D eigenvalue weighted by Gasteiger charge is -2.31. The molecule has 0 atom stereocenters. The Labute approximate surface area is 141 Å². The van der Waals surface area contributed by atoms with E-state index in [1.54, 1.807) is 20.2 Å². The first-order valence-corrected chi connectivity index (χ1v) is 8.40. The Hall–Kier alpha value is -2.15. The number of piperidine rings is 1. The lowest BCUT2D eigenvalue weighted by molar-refractivity contribution is 0.0670. The van der Waals surface area contributed by atoms with Crippen molar-refractivity contribution in [3.63, 3.8) is 0 Å². The Morgan fingerprint density at radius 1 is 1.42 bits per heavy atom. The smallest absolute Gasteiger partial charge is 0.276 e. The number of rotatable bonds is 6. The third-order valence-corrected chi connectivity index (χ3v) is 4.70. The van der Waals surface area contributed by atoms with Gasteiger partial charge >= 0.3 is 0 Å². The second-order valence-corrected chi connectivity index (χ2v) is 6.29. The Morgan fingerprint density at radius 2 is 2.21 bits per heavy atom. The molecule has 1 saturated heterocycles. The van der Waals surface area contributed by atoms with Gasteiger partial charge in [-0.1, -0.05) is 5.16 Å². The number of methoxy groups -OCH3 is 1. The number of aryl methyl sites for hydroxylation is 2. The maximum Gasteiger partial charge on any atom is 0.276 e. The van der Waals surface area contributed by atoms with Gasteiger partial charge in [0.2, 0.25) is 0 Å². The number of nitrogens with zero attached hydrogens (tertiary/aromatic N) is 4. The van der Waals surface area contributed by atoms with Gasteiger partial charge in [0.25, 0.3) is 5.91 Å². The zero-order valence-corrected chi connectivity index (χ0v) is 14.3. The summed E-state index contributed by atoms with van der Waals surface area (Å²) in [5.41, 5.74) is 1.15. The maximum absolute atomic E-state index is 12.7. The van der Waals surface area contributed by atoms with E-state index in [-0.39, 0.29) is 5.91 Å². The summed E-state index contributed by atoms with van der Waals surface area (Å²) in [6, 6.07) is 1.94. The van der Waals surface area contributed by atoms with Gasteiger partial charge in [0.05, 0.1) is 12.2 Å². The van der Waals surface area contributed by atoms with Crippen molar-refractivity contribution >= 4 is 5.91 Å². The van der Waals surface area contributed by atoms with Crippen molar-refractivity contribution in [2.75, 3.05) is 20.2 Å². The zero-order chi connectivity index (χ0) is 16.9. The van der Waals surface area contributed by atoms with Gasteiger partial charge in [0, 0.05) is 39.1 Å². The van der Waals surface area contributed by atoms with Crippen LogP contribution in [0.15, 0.2) is 23.0 Å². The minimum absolute atomic E-state index is 0.0515. The van der Waals surface area contributed by atoms with Crippen LogP contribution in [0.3, 0.4) is 0 Å². The van der Waals surface area contributed by atoms with E-state index in [0.29, 0.717) is 24.0 Å². The third-order valence-electron chi connectivity index (χ3n) is 4.70. The molecule has 3 heterocycles. The quantitative estimate of drug-likeness (QED) is 0.811. The van der Waals surface area contributed by atoms with E-state index < -0.39 is 0 Å². The zero-order valence-electron chi connectivity index (χ0n) is 14.3. The molecule has 0 bridgehead atoms. The van der Waals surface area contributed by atoms with Crippen LogP contribution in [0.2, 0.25) is 0 Å². The molecular formula is C17H24N4O3. The fourth-order valence-corrected chi connectivity index (χ4v) is 3.20. The van der Waals surface area contributed by atoms with Gasteiger partial charge in [0.15, 0.2) is 5.69 Å². The van der Waals surface area contributed by atoms with Gasteiger partial charge in [0.1, 0.15) is 5.76 Å². The predicted molar refractivity (Wildman–Crippen MR) is 87.4 cm³/mol. The van der Waals surface area contributed by atoms with E-state index in [9.17, 15) is 4.79 Å². The summed E-state index contributed by atoms with van der Waals surface area (Å²) in [6.07, 6.45) is 6.93. The van der Waals surface area contributed by atoms with Crippen LogP contribution in [-0.2, 0) is 17.9 Å². The Bertz CT molecular complexity index is 657. The van der Waals surface area contributed by atoms with Crippen LogP contribution in [-0.4, -0.2) is 45.9 Å². The van der Waals surface area contributed by atoms with E-state index in [0.717, 1.165) is 44.5 Å². The maximum atomic E-state index is 12.7. The standard InChI is InChI=1S/C17H24N4O3/c1-13-15(12-23-2)16(19-24-13)17(22)20-9-4-14(5-10-20)6-11-21-8-3-7-18-21/h3,7-8,14H,4-6,9-12H2,1-2H3. The lowest BCUT2D eigenvalue weighted by Crippen LogP contribution is -2.39. The van der Waals surface area contributed by atoms with Gasteiger partial charge in [-0.3, -0.25) is 9.48 Å². The van der Waals surface area contributed by atoms with Crippen LogP contribution in [0, 0.1) is 12.8 Å². The topological polar surface area (TPSA) is 73.4 Å². The summed E-state index contributed by atoms with van der Waals surface area (Å²) in [5, 5.41) is 8.18. The van der Waals surface area contributed by atoms with Gasteiger partial charge in [-0.05, 0) is 38.2 Å². The monoisotopic (exact) mass is 332 g/mol. The summed E-state index contributed by atoms with van der Waals surface area (Å²) >= 11 is 0. The molecule has 130 valence electrons. The number of aromatic nitrogens is 3. The van der Waals surface area contributed by atoms with Crippen LogP contribution in [0.4, 0.5) is 0 Å². The first kappa shape index (κ1) is 16.7. The van der Waals surface area contributed by atoms with E-state index in [4.69, 9.17) is 9.26 Å². The van der Waals surface area contributed by atoms with Crippen LogP contribution in [0.1, 0.15) is 41.1 Å². The molecule has 0 radical (unpaired) electrons. The van der Waals surface area contributed by atoms with E-state index in [1.807, 2.05) is 21.8 Å². The third kappa shape index (κ3) is 3.67. The second-order valence-electron chi connectivity index (χ2n) is 6.29. The lowest BCUT2D eigenvalue weighted by atomic mass is 9.93. The summed E-state index contributed by atoms with van der Waals surface area (Å²) in [5.74, 6) is 1.23. The number of carbonyl (C=O) groups is 1. The molecule has 0 aromatic carbocycles. The van der Waals surface area contributed by atoms with Crippen molar-refractivity contribution in [1.82, 2.24) is 19.8 Å². The van der Waals surface area contributed by atoms with E-state index in [2.05, 4.69) is 10.3 Å². The highest BCUT2D eigenvalue weighted by atomic mass is 16.5. The number of amides is 1. The molecule has 1 aliphatic rings. The molecule has 24 heavy (non-hydrogen) atoms. The number of ether oxygens (including phenoxy) is 1. The molecule has 3 rings (SSSR count). The van der Waals surface area contributed by atoms with Crippen LogP contribution < -0.4 is 0 Å². The first-order valence-electron chi connectivity index (χ1n) is 8.40. The van der Waals surface area contributed by atoms with Crippen molar-refractivity contribution in [3.8, 4) is 0 Å². The molecule has 2 aromatic heterocycles. The molecule has 2 aromatic rings. The molecule has 0 aliphatic carbocycles. The largest absolute Gasteiger partial charge is 0.380 e. The second kappa shape index (κ2) is 7.61. The molecule has 0 spiro atoms. The fourth-order valence-electron chi connectivity index (χ4n) is 3.20. The first-order chi connectivity index (χ1) is 11.7. The van der Waals surface area contributed by atoms with Crippen molar-refractivity contribution in [1.29, 1.82) is 0 Å². The number of hydrogen-bond donors (Lipinski definition) is 0. The Kier molecular flexibility index (Phi) is 5.30. The van der Waals surface area contributed by atoms with Gasteiger partial charge in [-0.25, -0.2) is 0 Å². The van der Waals surface area contributed by atoms with E-state index in [1.165, 1.54) is 0 Å². The molecular weight excluding hydrogens is 308 g/mol. The fraction of sp³-hybridized carbons (Fsp3) is 0.588. The molecule has 0 saturated carbocycles. The Balaban J connectivity index is 1.53. The molecule has 1 fully saturated rings. The minimum Gasteiger partial charge on any atom is -0.380 e. The van der Waals surface area contributed by atoms with Crippen molar-refractivity contribution in [2.45, 2.75) is 39.3 Å². The van der Waals surface area contributed by atoms with Crippen LogP contribution in [0.5, 0.6) is 0 Å². The molecule has 0 unspecified atom stereocenters. The van der Waals surface area contributed by atoms with Gasteiger partial charge < -0.3 is 14.2 Å². The highest BCUT2D eigenvalue weighted by molar-refractivity contribution is 5.93. The molecule has 0 N–H and O–H groups in total. The average molecular weight is 332 g/mol. The average Bonchev–Trinajstić information content (AvgIpc) is 3.24. The minimum atomic E-state index is -0.0515. The number of hydrogen-bond acceptors (Lipinski definition) is 5. The summed E-state index contributed by atoms with van der Waals surface area (Å²) in [6.45, 7) is 4.62. The molecule has 7 heteroatoms. The normalized spacial score (nSPS) is 15.8. The van der Waals surface area contributed by atoms with Crippen molar-refractivity contribution in [3.05, 3.63) is 35.5 Å². The van der Waals surface area contributed by atoms with Crippen molar-refractivity contribution in [2.24, 2.45) is 5.92 Å². The van der Waals surface area contributed by atoms with Crippen LogP contribution >= 0.6 is 0 Å². The molecule has 7 nitrogen and oxygen atoms in total. The highest BCUT2D eigenvalue weighted by Crippen LogP contribution is 2.24. The van der Waals surface area contributed by atoms with Crippen molar-refractivity contribution < 1.29 is 14.1 Å². The summed E-state index contributed by atoms with van der Waals surface area (Å²) in [4.78, 5) is 14.6. The number of carbonyl (C=O) groups excluding carboxylic acids is 1. The van der Waals surface area contributed by atoms with Gasteiger partial charge in [-0.2, -0.15) is 5.10 Å². The highest BCUT2D eigenvalue weighted by Gasteiger charge is 2.28.